The third kappa shape index (κ3) is 3.87. The van der Waals surface area contributed by atoms with Gasteiger partial charge in [0.05, 0.1) is 4.92 Å². The molecule has 7 heteroatoms. The van der Waals surface area contributed by atoms with Crippen LogP contribution in [0.25, 0.3) is 0 Å². The van der Waals surface area contributed by atoms with E-state index in [0.29, 0.717) is 6.54 Å². The van der Waals surface area contributed by atoms with Gasteiger partial charge < -0.3 is 5.32 Å². The van der Waals surface area contributed by atoms with Crippen LogP contribution in [0.2, 0.25) is 0 Å². The molecule has 0 radical (unpaired) electrons. The van der Waals surface area contributed by atoms with E-state index in [9.17, 15) is 14.9 Å². The summed E-state index contributed by atoms with van der Waals surface area (Å²) >= 11 is 0. The van der Waals surface area contributed by atoms with Crippen LogP contribution in [-0.4, -0.2) is 27.2 Å². The summed E-state index contributed by atoms with van der Waals surface area (Å²) in [5, 5.41) is 18.0. The fraction of sp³-hybridized carbons (Fsp3) is 0.444. The highest BCUT2D eigenvalue weighted by atomic mass is 16.6. The van der Waals surface area contributed by atoms with Gasteiger partial charge in [0, 0.05) is 19.0 Å². The molecule has 7 nitrogen and oxygen atoms in total. The molecule has 0 aliphatic heterocycles. The van der Waals surface area contributed by atoms with Crippen molar-refractivity contribution in [2.45, 2.75) is 39.5 Å². The Labute approximate surface area is 147 Å². The summed E-state index contributed by atoms with van der Waals surface area (Å²) in [4.78, 5) is 23.2. The third-order valence-corrected chi connectivity index (χ3v) is 4.42. The second kappa shape index (κ2) is 7.04. The Morgan fingerprint density at radius 3 is 2.44 bits per heavy atom. The van der Waals surface area contributed by atoms with E-state index in [1.54, 1.807) is 0 Å². The maximum Gasteiger partial charge on any atom is 0.322 e. The number of hydrogen-bond donors (Lipinski definition) is 1. The molecule has 0 spiro atoms. The number of nitro groups is 1. The predicted molar refractivity (Wildman–Crippen MR) is 95.8 cm³/mol. The van der Waals surface area contributed by atoms with E-state index in [-0.39, 0.29) is 22.5 Å². The highest BCUT2D eigenvalue weighted by Crippen LogP contribution is 2.25. The SMILES string of the molecule is CCc1ccc(C(C)(C)CNC(=O)c2c([N+](=O)[O-])c(C)nn2C)cc1. The fourth-order valence-corrected chi connectivity index (χ4v) is 2.80. The number of aryl methyl sites for hydroxylation is 3. The van der Waals surface area contributed by atoms with Gasteiger partial charge in [0.1, 0.15) is 5.69 Å². The Balaban J connectivity index is 2.17. The Kier molecular flexibility index (Phi) is 5.25. The van der Waals surface area contributed by atoms with Crippen LogP contribution < -0.4 is 5.32 Å². The summed E-state index contributed by atoms with van der Waals surface area (Å²) in [6.07, 6.45) is 0.973. The van der Waals surface area contributed by atoms with Crippen LogP contribution in [-0.2, 0) is 18.9 Å². The molecule has 0 aliphatic carbocycles. The average Bonchev–Trinajstić information content (AvgIpc) is 2.87. The summed E-state index contributed by atoms with van der Waals surface area (Å²) in [5.41, 5.74) is 2.01. The van der Waals surface area contributed by atoms with Crippen LogP contribution in [0.3, 0.4) is 0 Å². The molecule has 25 heavy (non-hydrogen) atoms. The Morgan fingerprint density at radius 1 is 1.32 bits per heavy atom. The van der Waals surface area contributed by atoms with Gasteiger partial charge in [-0.15, -0.1) is 0 Å². The third-order valence-electron chi connectivity index (χ3n) is 4.42. The van der Waals surface area contributed by atoms with Gasteiger partial charge in [0.2, 0.25) is 5.69 Å². The lowest BCUT2D eigenvalue weighted by Crippen LogP contribution is -2.37. The average molecular weight is 344 g/mol. The van der Waals surface area contributed by atoms with Gasteiger partial charge in [0.25, 0.3) is 5.91 Å². The molecule has 0 saturated heterocycles. The fourth-order valence-electron chi connectivity index (χ4n) is 2.80. The molecule has 0 atom stereocenters. The van der Waals surface area contributed by atoms with Crippen molar-refractivity contribution in [1.29, 1.82) is 0 Å². The van der Waals surface area contributed by atoms with Crippen LogP contribution in [0.4, 0.5) is 5.69 Å². The first-order valence-corrected chi connectivity index (χ1v) is 8.23. The summed E-state index contributed by atoms with van der Waals surface area (Å²) in [6, 6.07) is 8.27. The van der Waals surface area contributed by atoms with E-state index >= 15 is 0 Å². The minimum Gasteiger partial charge on any atom is -0.350 e. The first-order valence-electron chi connectivity index (χ1n) is 8.23. The minimum atomic E-state index is -0.564. The second-order valence-corrected chi connectivity index (χ2v) is 6.78. The Morgan fingerprint density at radius 2 is 1.92 bits per heavy atom. The Hall–Kier alpha value is -2.70. The number of carbonyl (C=O) groups excluding carboxylic acids is 1. The molecule has 2 rings (SSSR count). The normalized spacial score (nSPS) is 11.4. The molecular formula is C18H24N4O3. The largest absolute Gasteiger partial charge is 0.350 e. The zero-order chi connectivity index (χ0) is 18.8. The van der Waals surface area contributed by atoms with Crippen molar-refractivity contribution in [3.8, 4) is 0 Å². The molecule has 0 fully saturated rings. The van der Waals surface area contributed by atoms with Crippen molar-refractivity contribution < 1.29 is 9.72 Å². The van der Waals surface area contributed by atoms with Gasteiger partial charge in [-0.3, -0.25) is 19.6 Å². The topological polar surface area (TPSA) is 90.1 Å². The van der Waals surface area contributed by atoms with E-state index in [4.69, 9.17) is 0 Å². The van der Waals surface area contributed by atoms with Crippen LogP contribution in [0.15, 0.2) is 24.3 Å². The molecule has 0 saturated carbocycles. The van der Waals surface area contributed by atoms with Crippen molar-refractivity contribution in [3.63, 3.8) is 0 Å². The molecule has 2 aromatic rings. The number of benzene rings is 1. The van der Waals surface area contributed by atoms with Crippen LogP contribution in [0, 0.1) is 17.0 Å². The van der Waals surface area contributed by atoms with Gasteiger partial charge in [-0.1, -0.05) is 45.0 Å². The van der Waals surface area contributed by atoms with Gasteiger partial charge in [-0.25, -0.2) is 0 Å². The Bertz CT molecular complexity index is 791. The minimum absolute atomic E-state index is 0.0281. The number of rotatable bonds is 6. The first-order chi connectivity index (χ1) is 11.7. The number of carbonyl (C=O) groups is 1. The summed E-state index contributed by atoms with van der Waals surface area (Å²) in [5.74, 6) is -0.493. The van der Waals surface area contributed by atoms with Crippen LogP contribution >= 0.6 is 0 Å². The lowest BCUT2D eigenvalue weighted by Gasteiger charge is -2.26. The van der Waals surface area contributed by atoms with Crippen molar-refractivity contribution in [2.24, 2.45) is 7.05 Å². The standard InChI is InChI=1S/C18H24N4O3/c1-6-13-7-9-14(10-8-13)18(3,4)11-19-17(23)16-15(22(24)25)12(2)20-21(16)5/h7-10H,6,11H2,1-5H3,(H,19,23). The number of amides is 1. The molecule has 0 aliphatic rings. The van der Waals surface area contributed by atoms with E-state index in [0.717, 1.165) is 12.0 Å². The molecule has 1 amide bonds. The molecule has 0 unspecified atom stereocenters. The molecule has 134 valence electrons. The molecule has 1 aromatic carbocycles. The lowest BCUT2D eigenvalue weighted by molar-refractivity contribution is -0.385. The van der Waals surface area contributed by atoms with Crippen molar-refractivity contribution in [1.82, 2.24) is 15.1 Å². The number of nitrogens with one attached hydrogen (secondary N) is 1. The van der Waals surface area contributed by atoms with Crippen molar-refractivity contribution >= 4 is 11.6 Å². The maximum absolute atomic E-state index is 12.5. The molecule has 0 bridgehead atoms. The zero-order valence-corrected chi connectivity index (χ0v) is 15.3. The first kappa shape index (κ1) is 18.6. The highest BCUT2D eigenvalue weighted by Gasteiger charge is 2.30. The van der Waals surface area contributed by atoms with Crippen molar-refractivity contribution in [2.75, 3.05) is 6.54 Å². The van der Waals surface area contributed by atoms with Gasteiger partial charge in [0.15, 0.2) is 0 Å². The summed E-state index contributed by atoms with van der Waals surface area (Å²) in [7, 11) is 1.53. The second-order valence-electron chi connectivity index (χ2n) is 6.78. The van der Waals surface area contributed by atoms with E-state index in [1.807, 2.05) is 13.8 Å². The molecule has 1 N–H and O–H groups in total. The van der Waals surface area contributed by atoms with E-state index in [2.05, 4.69) is 41.6 Å². The van der Waals surface area contributed by atoms with Crippen LogP contribution in [0.1, 0.15) is 48.1 Å². The van der Waals surface area contributed by atoms with Gasteiger partial charge >= 0.3 is 5.69 Å². The predicted octanol–water partition coefficient (Wildman–Crippen LogP) is 2.91. The number of hydrogen-bond acceptors (Lipinski definition) is 4. The van der Waals surface area contributed by atoms with E-state index < -0.39 is 10.8 Å². The maximum atomic E-state index is 12.5. The van der Waals surface area contributed by atoms with E-state index in [1.165, 1.54) is 24.2 Å². The highest BCUT2D eigenvalue weighted by molar-refractivity contribution is 5.96. The molecular weight excluding hydrogens is 320 g/mol. The number of aromatic nitrogens is 2. The summed E-state index contributed by atoms with van der Waals surface area (Å²) < 4.78 is 1.26. The quantitative estimate of drug-likeness (QED) is 0.644. The van der Waals surface area contributed by atoms with Crippen molar-refractivity contribution in [3.05, 3.63) is 56.9 Å². The number of nitrogens with zero attached hydrogens (tertiary/aromatic N) is 3. The summed E-state index contributed by atoms with van der Waals surface area (Å²) in [6.45, 7) is 8.03. The van der Waals surface area contributed by atoms with Gasteiger partial charge in [-0.2, -0.15) is 5.10 Å². The zero-order valence-electron chi connectivity index (χ0n) is 15.3. The molecule has 1 heterocycles. The molecule has 1 aromatic heterocycles. The van der Waals surface area contributed by atoms with Gasteiger partial charge in [-0.05, 0) is 24.5 Å². The lowest BCUT2D eigenvalue weighted by atomic mass is 9.84. The van der Waals surface area contributed by atoms with Crippen LogP contribution in [0.5, 0.6) is 0 Å². The smallest absolute Gasteiger partial charge is 0.322 e. The monoisotopic (exact) mass is 344 g/mol.